The van der Waals surface area contributed by atoms with Crippen molar-refractivity contribution in [3.05, 3.63) is 105 Å². The number of halogens is 1. The van der Waals surface area contributed by atoms with Crippen LogP contribution in [0.15, 0.2) is 83.3 Å². The molecule has 0 saturated carbocycles. The SMILES string of the molecule is O=C(C(Br)=Cc1ccc([N+](=O)[O-])cc1)c1ccc(-c2ccccc2)cc1. The van der Waals surface area contributed by atoms with Gasteiger partial charge >= 0.3 is 0 Å². The summed E-state index contributed by atoms with van der Waals surface area (Å²) in [7, 11) is 0. The van der Waals surface area contributed by atoms with Gasteiger partial charge in [-0.15, -0.1) is 0 Å². The molecule has 0 aliphatic carbocycles. The van der Waals surface area contributed by atoms with Crippen LogP contribution in [0.25, 0.3) is 17.2 Å². The van der Waals surface area contributed by atoms with Gasteiger partial charge in [-0.3, -0.25) is 14.9 Å². The number of Topliss-reactive ketones (excluding diaryl/α,β-unsaturated/α-hetero) is 1. The van der Waals surface area contributed by atoms with E-state index in [-0.39, 0.29) is 11.5 Å². The number of benzene rings is 3. The normalized spacial score (nSPS) is 11.2. The van der Waals surface area contributed by atoms with Crippen molar-refractivity contribution in [2.75, 3.05) is 0 Å². The van der Waals surface area contributed by atoms with E-state index in [1.807, 2.05) is 42.5 Å². The quantitative estimate of drug-likeness (QED) is 0.229. The van der Waals surface area contributed by atoms with Gasteiger partial charge in [-0.25, -0.2) is 0 Å². The second kappa shape index (κ2) is 7.89. The molecule has 0 bridgehead atoms. The largest absolute Gasteiger partial charge is 0.288 e. The number of allylic oxidation sites excluding steroid dienone is 1. The topological polar surface area (TPSA) is 60.2 Å². The number of carbonyl (C=O) groups is 1. The van der Waals surface area contributed by atoms with E-state index in [0.29, 0.717) is 15.6 Å². The summed E-state index contributed by atoms with van der Waals surface area (Å²) in [5.74, 6) is -0.150. The summed E-state index contributed by atoms with van der Waals surface area (Å²) in [5, 5.41) is 10.7. The molecule has 0 saturated heterocycles. The number of nitro groups is 1. The van der Waals surface area contributed by atoms with Crippen LogP contribution in [0.5, 0.6) is 0 Å². The average molecular weight is 408 g/mol. The van der Waals surface area contributed by atoms with E-state index in [9.17, 15) is 14.9 Å². The molecule has 0 amide bonds. The first kappa shape index (κ1) is 17.8. The van der Waals surface area contributed by atoms with Crippen molar-refractivity contribution in [1.29, 1.82) is 0 Å². The molecule has 5 heteroatoms. The molecule has 0 N–H and O–H groups in total. The molecule has 0 unspecified atom stereocenters. The first-order chi connectivity index (χ1) is 12.5. The molecule has 0 atom stereocenters. The van der Waals surface area contributed by atoms with Crippen LogP contribution in [-0.2, 0) is 0 Å². The monoisotopic (exact) mass is 407 g/mol. The number of non-ortho nitro benzene ring substituents is 1. The number of ketones is 1. The minimum Gasteiger partial charge on any atom is -0.288 e. The molecule has 0 heterocycles. The van der Waals surface area contributed by atoms with Gasteiger partial charge in [-0.1, -0.05) is 54.6 Å². The van der Waals surface area contributed by atoms with Crippen molar-refractivity contribution in [3.8, 4) is 11.1 Å². The molecular weight excluding hydrogens is 394 g/mol. The van der Waals surface area contributed by atoms with E-state index < -0.39 is 4.92 Å². The number of hydrogen-bond acceptors (Lipinski definition) is 3. The van der Waals surface area contributed by atoms with Gasteiger partial charge in [0.1, 0.15) is 0 Å². The zero-order valence-electron chi connectivity index (χ0n) is 13.6. The summed E-state index contributed by atoms with van der Waals surface area (Å²) < 4.78 is 0.388. The Morgan fingerprint density at radius 1 is 0.846 bits per heavy atom. The molecule has 0 fully saturated rings. The van der Waals surface area contributed by atoms with Crippen molar-refractivity contribution in [3.63, 3.8) is 0 Å². The lowest BCUT2D eigenvalue weighted by atomic mass is 10.0. The van der Waals surface area contributed by atoms with Crippen LogP contribution in [-0.4, -0.2) is 10.7 Å². The number of rotatable bonds is 5. The van der Waals surface area contributed by atoms with Crippen LogP contribution >= 0.6 is 15.9 Å². The highest BCUT2D eigenvalue weighted by atomic mass is 79.9. The van der Waals surface area contributed by atoms with E-state index >= 15 is 0 Å². The van der Waals surface area contributed by atoms with E-state index in [1.165, 1.54) is 12.1 Å². The van der Waals surface area contributed by atoms with E-state index in [1.54, 1.807) is 30.3 Å². The second-order valence-corrected chi connectivity index (χ2v) is 6.47. The van der Waals surface area contributed by atoms with E-state index in [2.05, 4.69) is 15.9 Å². The second-order valence-electron chi connectivity index (χ2n) is 5.61. The Balaban J connectivity index is 1.78. The molecule has 3 aromatic rings. The third-order valence-electron chi connectivity index (χ3n) is 3.87. The predicted molar refractivity (Wildman–Crippen MR) is 106 cm³/mol. The fourth-order valence-corrected chi connectivity index (χ4v) is 2.98. The summed E-state index contributed by atoms with van der Waals surface area (Å²) in [6.07, 6.45) is 1.65. The minimum atomic E-state index is -0.456. The van der Waals surface area contributed by atoms with Crippen LogP contribution in [0.4, 0.5) is 5.69 Å². The Labute approximate surface area is 159 Å². The number of carbonyl (C=O) groups excluding carboxylic acids is 1. The van der Waals surface area contributed by atoms with Crippen LogP contribution in [0.2, 0.25) is 0 Å². The van der Waals surface area contributed by atoms with Gasteiger partial charge in [-0.05, 0) is 50.8 Å². The van der Waals surface area contributed by atoms with Crippen molar-refractivity contribution in [2.45, 2.75) is 0 Å². The Morgan fingerprint density at radius 3 is 2.00 bits per heavy atom. The predicted octanol–water partition coefficient (Wildman–Crippen LogP) is 5.88. The van der Waals surface area contributed by atoms with Gasteiger partial charge in [0.05, 0.1) is 9.41 Å². The number of nitrogens with zero attached hydrogens (tertiary/aromatic N) is 1. The van der Waals surface area contributed by atoms with Gasteiger partial charge in [0, 0.05) is 17.7 Å². The summed E-state index contributed by atoms with van der Waals surface area (Å²) in [6, 6.07) is 23.3. The molecule has 3 aromatic carbocycles. The minimum absolute atomic E-state index is 0.0149. The van der Waals surface area contributed by atoms with E-state index in [4.69, 9.17) is 0 Å². The standard InChI is InChI=1S/C21H14BrNO3/c22-20(14-15-6-12-19(13-7-15)23(25)26)21(24)18-10-8-17(9-11-18)16-4-2-1-3-5-16/h1-14H. The fourth-order valence-electron chi connectivity index (χ4n) is 2.49. The highest BCUT2D eigenvalue weighted by molar-refractivity contribution is 9.12. The molecule has 0 radical (unpaired) electrons. The van der Waals surface area contributed by atoms with Crippen LogP contribution in [0, 0.1) is 10.1 Å². The summed E-state index contributed by atoms with van der Waals surface area (Å²) >= 11 is 3.31. The first-order valence-corrected chi connectivity index (χ1v) is 8.66. The maximum Gasteiger partial charge on any atom is 0.269 e. The fraction of sp³-hybridized carbons (Fsp3) is 0. The lowest BCUT2D eigenvalue weighted by Crippen LogP contribution is -1.98. The van der Waals surface area contributed by atoms with Gasteiger partial charge in [0.15, 0.2) is 5.78 Å². The molecule has 4 nitrogen and oxygen atoms in total. The highest BCUT2D eigenvalue weighted by Crippen LogP contribution is 2.23. The Kier molecular flexibility index (Phi) is 5.39. The van der Waals surface area contributed by atoms with Crippen LogP contribution in [0.3, 0.4) is 0 Å². The van der Waals surface area contributed by atoms with Crippen LogP contribution in [0.1, 0.15) is 15.9 Å². The highest BCUT2D eigenvalue weighted by Gasteiger charge is 2.11. The maximum atomic E-state index is 12.5. The molecule has 3 rings (SSSR count). The lowest BCUT2D eigenvalue weighted by molar-refractivity contribution is -0.384. The zero-order valence-corrected chi connectivity index (χ0v) is 15.2. The number of nitro benzene ring substituents is 1. The van der Waals surface area contributed by atoms with Crippen molar-refractivity contribution in [2.24, 2.45) is 0 Å². The molecule has 128 valence electrons. The summed E-state index contributed by atoms with van der Waals surface area (Å²) in [6.45, 7) is 0. The van der Waals surface area contributed by atoms with Crippen molar-refractivity contribution in [1.82, 2.24) is 0 Å². The third-order valence-corrected chi connectivity index (χ3v) is 4.46. The summed E-state index contributed by atoms with van der Waals surface area (Å²) in [5.41, 5.74) is 3.41. The van der Waals surface area contributed by atoms with E-state index in [0.717, 1.165) is 11.1 Å². The Hall–Kier alpha value is -3.05. The van der Waals surface area contributed by atoms with Gasteiger partial charge in [0.2, 0.25) is 0 Å². The smallest absolute Gasteiger partial charge is 0.269 e. The molecule has 0 aromatic heterocycles. The van der Waals surface area contributed by atoms with Gasteiger partial charge in [-0.2, -0.15) is 0 Å². The molecule has 0 aliphatic rings. The average Bonchev–Trinajstić information content (AvgIpc) is 2.68. The Bertz CT molecular complexity index is 962. The number of hydrogen-bond donors (Lipinski definition) is 0. The van der Waals surface area contributed by atoms with Crippen molar-refractivity contribution >= 4 is 33.5 Å². The van der Waals surface area contributed by atoms with Gasteiger partial charge in [0.25, 0.3) is 5.69 Å². The third kappa shape index (κ3) is 4.13. The maximum absolute atomic E-state index is 12.5. The molecular formula is C21H14BrNO3. The zero-order chi connectivity index (χ0) is 18.5. The summed E-state index contributed by atoms with van der Waals surface area (Å²) in [4.78, 5) is 22.8. The molecule has 0 spiro atoms. The van der Waals surface area contributed by atoms with Gasteiger partial charge < -0.3 is 0 Å². The Morgan fingerprint density at radius 2 is 1.42 bits per heavy atom. The first-order valence-electron chi connectivity index (χ1n) is 7.86. The molecule has 0 aliphatic heterocycles. The van der Waals surface area contributed by atoms with Crippen molar-refractivity contribution < 1.29 is 9.72 Å². The lowest BCUT2D eigenvalue weighted by Gasteiger charge is -2.04. The van der Waals surface area contributed by atoms with Crippen LogP contribution < -0.4 is 0 Å². The molecule has 26 heavy (non-hydrogen) atoms.